The van der Waals surface area contributed by atoms with Gasteiger partial charge < -0.3 is 15.3 Å². The van der Waals surface area contributed by atoms with Crippen LogP contribution in [0.1, 0.15) is 44.6 Å². The average molecular weight is 433 g/mol. The van der Waals surface area contributed by atoms with Crippen molar-refractivity contribution >= 4 is 22.6 Å². The van der Waals surface area contributed by atoms with Crippen molar-refractivity contribution < 1.29 is 9.90 Å². The predicted octanol–water partition coefficient (Wildman–Crippen LogP) is 4.24. The van der Waals surface area contributed by atoms with Crippen LogP contribution in [0, 0.1) is 6.92 Å². The first kappa shape index (κ1) is 22.2. The van der Waals surface area contributed by atoms with E-state index in [1.165, 1.54) is 0 Å². The Hall–Kier alpha value is -2.99. The Morgan fingerprint density at radius 2 is 1.84 bits per heavy atom. The number of nitrogens with one attached hydrogen (secondary N) is 1. The lowest BCUT2D eigenvalue weighted by molar-refractivity contribution is -0.130. The van der Waals surface area contributed by atoms with Gasteiger partial charge >= 0.3 is 0 Å². The Morgan fingerprint density at radius 1 is 1.12 bits per heavy atom. The number of unbranched alkanes of at least 4 members (excludes halogenated alkanes) is 1. The molecule has 0 aliphatic carbocycles. The third-order valence-corrected chi connectivity index (χ3v) is 6.24. The Balaban J connectivity index is 1.52. The number of anilines is 1. The first-order valence-electron chi connectivity index (χ1n) is 11.6. The van der Waals surface area contributed by atoms with Gasteiger partial charge in [-0.15, -0.1) is 0 Å². The van der Waals surface area contributed by atoms with E-state index >= 15 is 0 Å². The van der Waals surface area contributed by atoms with Gasteiger partial charge in [0, 0.05) is 30.1 Å². The molecule has 0 spiro atoms. The maximum Gasteiger partial charge on any atom is 0.249 e. The SMILES string of the molecule is CCCCC(O)C(=O)NC1CCN(c2nc(-c3ccccc3C)nc3ccccc23)CC1. The number of nitrogens with zero attached hydrogens (tertiary/aromatic N) is 3. The highest BCUT2D eigenvalue weighted by molar-refractivity contribution is 5.91. The van der Waals surface area contributed by atoms with Crippen molar-refractivity contribution in [3.63, 3.8) is 0 Å². The molecule has 3 aromatic rings. The molecule has 1 amide bonds. The summed E-state index contributed by atoms with van der Waals surface area (Å²) in [5.74, 6) is 1.44. The van der Waals surface area contributed by atoms with Crippen LogP contribution >= 0.6 is 0 Å². The largest absolute Gasteiger partial charge is 0.383 e. The van der Waals surface area contributed by atoms with Crippen molar-refractivity contribution in [2.24, 2.45) is 0 Å². The summed E-state index contributed by atoms with van der Waals surface area (Å²) in [5, 5.41) is 14.1. The number of rotatable bonds is 7. The molecule has 6 heteroatoms. The molecule has 0 saturated carbocycles. The monoisotopic (exact) mass is 432 g/mol. The maximum absolute atomic E-state index is 12.3. The summed E-state index contributed by atoms with van der Waals surface area (Å²) < 4.78 is 0. The van der Waals surface area contributed by atoms with Crippen molar-refractivity contribution in [1.29, 1.82) is 0 Å². The molecule has 2 N–H and O–H groups in total. The first-order chi connectivity index (χ1) is 15.6. The van der Waals surface area contributed by atoms with Crippen LogP contribution in [0.5, 0.6) is 0 Å². The Labute approximate surface area is 189 Å². The third kappa shape index (κ3) is 4.91. The molecular formula is C26H32N4O2. The quantitative estimate of drug-likeness (QED) is 0.584. The fourth-order valence-corrected chi connectivity index (χ4v) is 4.31. The fraction of sp³-hybridized carbons (Fsp3) is 0.423. The van der Waals surface area contributed by atoms with Crippen LogP contribution in [0.15, 0.2) is 48.5 Å². The lowest BCUT2D eigenvalue weighted by atomic mass is 10.0. The zero-order valence-electron chi connectivity index (χ0n) is 18.9. The molecule has 2 heterocycles. The van der Waals surface area contributed by atoms with Gasteiger partial charge in [-0.25, -0.2) is 9.97 Å². The maximum atomic E-state index is 12.3. The molecule has 1 aliphatic heterocycles. The molecule has 6 nitrogen and oxygen atoms in total. The highest BCUT2D eigenvalue weighted by Crippen LogP contribution is 2.30. The standard InChI is InChI=1S/C26H32N4O2/c1-3-4-13-23(31)26(32)27-19-14-16-30(17-15-19)25-21-11-7-8-12-22(21)28-24(29-25)20-10-6-5-9-18(20)2/h5-12,19,23,31H,3-4,13-17H2,1-2H3,(H,27,32). The van der Waals surface area contributed by atoms with E-state index in [1.807, 2.05) is 30.3 Å². The van der Waals surface area contributed by atoms with Crippen LogP contribution in [0.4, 0.5) is 5.82 Å². The van der Waals surface area contributed by atoms with Crippen molar-refractivity contribution in [2.45, 2.75) is 58.1 Å². The predicted molar refractivity (Wildman–Crippen MR) is 129 cm³/mol. The van der Waals surface area contributed by atoms with E-state index in [9.17, 15) is 9.90 Å². The van der Waals surface area contributed by atoms with E-state index in [1.54, 1.807) is 0 Å². The molecule has 4 rings (SSSR count). The molecule has 1 atom stereocenters. The number of aryl methyl sites for hydroxylation is 1. The normalized spacial score (nSPS) is 15.7. The number of piperidine rings is 1. The van der Waals surface area contributed by atoms with Gasteiger partial charge in [0.1, 0.15) is 11.9 Å². The summed E-state index contributed by atoms with van der Waals surface area (Å²) in [6, 6.07) is 16.4. The van der Waals surface area contributed by atoms with E-state index < -0.39 is 6.10 Å². The van der Waals surface area contributed by atoms with Crippen molar-refractivity contribution in [1.82, 2.24) is 15.3 Å². The zero-order valence-corrected chi connectivity index (χ0v) is 18.9. The molecular weight excluding hydrogens is 400 g/mol. The van der Waals surface area contributed by atoms with Crippen LogP contribution in [-0.2, 0) is 4.79 Å². The van der Waals surface area contributed by atoms with Gasteiger partial charge in [-0.05, 0) is 43.9 Å². The summed E-state index contributed by atoms with van der Waals surface area (Å²) >= 11 is 0. The average Bonchev–Trinajstić information content (AvgIpc) is 2.82. The van der Waals surface area contributed by atoms with E-state index in [0.717, 1.165) is 72.4 Å². The van der Waals surface area contributed by atoms with Crippen LogP contribution in [-0.4, -0.2) is 46.2 Å². The molecule has 0 bridgehead atoms. The number of hydrogen-bond acceptors (Lipinski definition) is 5. The van der Waals surface area contributed by atoms with Crippen LogP contribution in [0.3, 0.4) is 0 Å². The third-order valence-electron chi connectivity index (χ3n) is 6.24. The second-order valence-corrected chi connectivity index (χ2v) is 8.63. The van der Waals surface area contributed by atoms with Crippen molar-refractivity contribution in [3.05, 3.63) is 54.1 Å². The minimum absolute atomic E-state index is 0.0824. The first-order valence-corrected chi connectivity index (χ1v) is 11.6. The number of benzene rings is 2. The number of carbonyl (C=O) groups excluding carboxylic acids is 1. The van der Waals surface area contributed by atoms with Crippen LogP contribution in [0.25, 0.3) is 22.3 Å². The molecule has 1 unspecified atom stereocenters. The smallest absolute Gasteiger partial charge is 0.249 e. The second kappa shape index (κ2) is 10.1. The number of para-hydroxylation sites is 1. The Morgan fingerprint density at radius 3 is 2.59 bits per heavy atom. The Kier molecular flexibility index (Phi) is 7.00. The fourth-order valence-electron chi connectivity index (χ4n) is 4.31. The summed E-state index contributed by atoms with van der Waals surface area (Å²) in [5.41, 5.74) is 3.13. The molecule has 1 aromatic heterocycles. The lowest BCUT2D eigenvalue weighted by Crippen LogP contribution is -2.47. The van der Waals surface area contributed by atoms with Crippen molar-refractivity contribution in [2.75, 3.05) is 18.0 Å². The number of amides is 1. The topological polar surface area (TPSA) is 78.4 Å². The number of carbonyl (C=O) groups is 1. The highest BCUT2D eigenvalue weighted by Gasteiger charge is 2.25. The minimum Gasteiger partial charge on any atom is -0.383 e. The molecule has 1 saturated heterocycles. The molecule has 32 heavy (non-hydrogen) atoms. The van der Waals surface area contributed by atoms with Gasteiger partial charge in [-0.2, -0.15) is 0 Å². The Bertz CT molecular complexity index is 1080. The number of hydrogen-bond donors (Lipinski definition) is 2. The molecule has 168 valence electrons. The highest BCUT2D eigenvalue weighted by atomic mass is 16.3. The van der Waals surface area contributed by atoms with Gasteiger partial charge in [-0.1, -0.05) is 56.2 Å². The van der Waals surface area contributed by atoms with E-state index in [0.29, 0.717) is 6.42 Å². The summed E-state index contributed by atoms with van der Waals surface area (Å²) in [6.45, 7) is 5.73. The zero-order chi connectivity index (χ0) is 22.5. The molecule has 0 radical (unpaired) electrons. The summed E-state index contributed by atoms with van der Waals surface area (Å²) in [6.07, 6.45) is 3.09. The lowest BCUT2D eigenvalue weighted by Gasteiger charge is -2.34. The van der Waals surface area contributed by atoms with Gasteiger partial charge in [0.2, 0.25) is 5.91 Å². The van der Waals surface area contributed by atoms with Crippen LogP contribution < -0.4 is 10.2 Å². The van der Waals surface area contributed by atoms with Crippen LogP contribution in [0.2, 0.25) is 0 Å². The van der Waals surface area contributed by atoms with E-state index in [4.69, 9.17) is 9.97 Å². The summed E-state index contributed by atoms with van der Waals surface area (Å²) in [4.78, 5) is 24.4. The summed E-state index contributed by atoms with van der Waals surface area (Å²) in [7, 11) is 0. The van der Waals surface area contributed by atoms with E-state index in [2.05, 4.69) is 42.3 Å². The van der Waals surface area contributed by atoms with Gasteiger partial charge in [0.05, 0.1) is 5.52 Å². The van der Waals surface area contributed by atoms with Crippen molar-refractivity contribution in [3.8, 4) is 11.4 Å². The number of fused-ring (bicyclic) bond motifs is 1. The molecule has 1 aliphatic rings. The number of aliphatic hydroxyl groups excluding tert-OH is 1. The molecule has 2 aromatic carbocycles. The van der Waals surface area contributed by atoms with Gasteiger partial charge in [0.15, 0.2) is 5.82 Å². The second-order valence-electron chi connectivity index (χ2n) is 8.63. The minimum atomic E-state index is -0.907. The van der Waals surface area contributed by atoms with E-state index in [-0.39, 0.29) is 11.9 Å². The van der Waals surface area contributed by atoms with Gasteiger partial charge in [-0.3, -0.25) is 4.79 Å². The number of aromatic nitrogens is 2. The molecule has 1 fully saturated rings. The number of aliphatic hydroxyl groups is 1. The van der Waals surface area contributed by atoms with Gasteiger partial charge in [0.25, 0.3) is 0 Å².